The summed E-state index contributed by atoms with van der Waals surface area (Å²) in [5.74, 6) is 0.701. The summed E-state index contributed by atoms with van der Waals surface area (Å²) in [6.45, 7) is 2.57. The highest BCUT2D eigenvalue weighted by molar-refractivity contribution is 5.93. The SMILES string of the molecule is O=C(NCCc1c[nH]c2ccccc12)c1cc(N2CCCCC2)ncn1. The van der Waals surface area contributed by atoms with Crippen LogP contribution in [-0.4, -0.2) is 40.5 Å². The summed E-state index contributed by atoms with van der Waals surface area (Å²) < 4.78 is 0. The molecule has 0 aliphatic carbocycles. The molecule has 0 bridgehead atoms. The van der Waals surface area contributed by atoms with Crippen LogP contribution in [0.4, 0.5) is 5.82 Å². The number of H-pyrrole nitrogens is 1. The zero-order chi connectivity index (χ0) is 17.8. The third-order valence-electron chi connectivity index (χ3n) is 4.92. The molecule has 0 saturated carbocycles. The van der Waals surface area contributed by atoms with Gasteiger partial charge in [-0.2, -0.15) is 0 Å². The van der Waals surface area contributed by atoms with Crippen molar-refractivity contribution in [2.45, 2.75) is 25.7 Å². The first kappa shape index (κ1) is 16.6. The third-order valence-corrected chi connectivity index (χ3v) is 4.92. The number of piperidine rings is 1. The number of carbonyl (C=O) groups is 1. The van der Waals surface area contributed by atoms with Gasteiger partial charge in [-0.25, -0.2) is 9.97 Å². The average Bonchev–Trinajstić information content (AvgIpc) is 3.12. The highest BCUT2D eigenvalue weighted by atomic mass is 16.1. The van der Waals surface area contributed by atoms with Gasteiger partial charge in [0.05, 0.1) is 0 Å². The van der Waals surface area contributed by atoms with Crippen LogP contribution < -0.4 is 10.2 Å². The van der Waals surface area contributed by atoms with Crippen LogP contribution in [0.3, 0.4) is 0 Å². The normalized spacial score (nSPS) is 14.5. The predicted molar refractivity (Wildman–Crippen MR) is 102 cm³/mol. The van der Waals surface area contributed by atoms with Gasteiger partial charge in [-0.15, -0.1) is 0 Å². The number of nitrogens with zero attached hydrogens (tertiary/aromatic N) is 3. The van der Waals surface area contributed by atoms with Crippen LogP contribution in [0.1, 0.15) is 35.3 Å². The first-order valence-corrected chi connectivity index (χ1v) is 9.21. The standard InChI is InChI=1S/C20H23N5O/c26-20(18-12-19(24-14-23-18)25-10-4-1-5-11-25)21-9-8-15-13-22-17-7-3-2-6-16(15)17/h2-3,6-7,12-14,22H,1,4-5,8-11H2,(H,21,26). The van der Waals surface area contributed by atoms with Crippen LogP contribution in [0.25, 0.3) is 10.9 Å². The number of nitrogens with one attached hydrogen (secondary N) is 2. The molecule has 1 aromatic carbocycles. The fourth-order valence-corrected chi connectivity index (χ4v) is 3.51. The number of fused-ring (bicyclic) bond motifs is 1. The molecule has 0 unspecified atom stereocenters. The molecule has 6 heteroatoms. The van der Waals surface area contributed by atoms with Crippen molar-refractivity contribution in [3.63, 3.8) is 0 Å². The number of para-hydroxylation sites is 1. The molecule has 26 heavy (non-hydrogen) atoms. The Morgan fingerprint density at radius 3 is 2.88 bits per heavy atom. The van der Waals surface area contributed by atoms with Crippen LogP contribution in [0, 0.1) is 0 Å². The van der Waals surface area contributed by atoms with Crippen LogP contribution in [0.5, 0.6) is 0 Å². The number of carbonyl (C=O) groups excluding carboxylic acids is 1. The van der Waals surface area contributed by atoms with Crippen molar-refractivity contribution < 1.29 is 4.79 Å². The second kappa shape index (κ2) is 7.56. The van der Waals surface area contributed by atoms with E-state index in [1.165, 1.54) is 36.5 Å². The maximum atomic E-state index is 12.4. The number of amides is 1. The van der Waals surface area contributed by atoms with E-state index in [4.69, 9.17) is 0 Å². The van der Waals surface area contributed by atoms with Gasteiger partial charge in [0, 0.05) is 42.8 Å². The van der Waals surface area contributed by atoms with Crippen molar-refractivity contribution >= 4 is 22.6 Å². The first-order valence-electron chi connectivity index (χ1n) is 9.21. The molecule has 3 aromatic rings. The van der Waals surface area contributed by atoms with Gasteiger partial charge in [-0.3, -0.25) is 4.79 Å². The Kier molecular flexibility index (Phi) is 4.82. The topological polar surface area (TPSA) is 73.9 Å². The minimum atomic E-state index is -0.148. The van der Waals surface area contributed by atoms with E-state index in [-0.39, 0.29) is 5.91 Å². The predicted octanol–water partition coefficient (Wildman–Crippen LogP) is 2.92. The Balaban J connectivity index is 1.37. The van der Waals surface area contributed by atoms with Crippen molar-refractivity contribution in [1.82, 2.24) is 20.3 Å². The number of anilines is 1. The van der Waals surface area contributed by atoms with E-state index < -0.39 is 0 Å². The second-order valence-electron chi connectivity index (χ2n) is 6.67. The van der Waals surface area contributed by atoms with E-state index >= 15 is 0 Å². The molecular formula is C20H23N5O. The van der Waals surface area contributed by atoms with E-state index in [1.807, 2.05) is 18.3 Å². The van der Waals surface area contributed by atoms with E-state index in [2.05, 4.69) is 37.3 Å². The van der Waals surface area contributed by atoms with Gasteiger partial charge in [0.25, 0.3) is 5.91 Å². The van der Waals surface area contributed by atoms with Gasteiger partial charge in [0.1, 0.15) is 17.8 Å². The number of rotatable bonds is 5. The van der Waals surface area contributed by atoms with Crippen molar-refractivity contribution in [2.24, 2.45) is 0 Å². The molecule has 2 N–H and O–H groups in total. The minimum Gasteiger partial charge on any atom is -0.361 e. The summed E-state index contributed by atoms with van der Waals surface area (Å²) in [6.07, 6.45) is 7.89. The van der Waals surface area contributed by atoms with Gasteiger partial charge in [0.2, 0.25) is 0 Å². The quantitative estimate of drug-likeness (QED) is 0.743. The number of hydrogen-bond donors (Lipinski definition) is 2. The lowest BCUT2D eigenvalue weighted by Gasteiger charge is -2.27. The summed E-state index contributed by atoms with van der Waals surface area (Å²) in [5.41, 5.74) is 2.76. The minimum absolute atomic E-state index is 0.148. The number of aromatic amines is 1. The second-order valence-corrected chi connectivity index (χ2v) is 6.67. The van der Waals surface area contributed by atoms with Crippen molar-refractivity contribution in [3.8, 4) is 0 Å². The monoisotopic (exact) mass is 349 g/mol. The fourth-order valence-electron chi connectivity index (χ4n) is 3.51. The number of benzene rings is 1. The molecule has 0 radical (unpaired) electrons. The molecule has 0 spiro atoms. The van der Waals surface area contributed by atoms with Gasteiger partial charge in [-0.05, 0) is 37.3 Å². The summed E-state index contributed by atoms with van der Waals surface area (Å²) in [4.78, 5) is 26.4. The third kappa shape index (κ3) is 3.54. The molecule has 3 heterocycles. The Bertz CT molecular complexity index is 898. The Morgan fingerprint density at radius 1 is 1.15 bits per heavy atom. The largest absolute Gasteiger partial charge is 0.361 e. The molecule has 1 fully saturated rings. The molecular weight excluding hydrogens is 326 g/mol. The highest BCUT2D eigenvalue weighted by Gasteiger charge is 2.15. The Morgan fingerprint density at radius 2 is 2.00 bits per heavy atom. The summed E-state index contributed by atoms with van der Waals surface area (Å²) in [7, 11) is 0. The van der Waals surface area contributed by atoms with Crippen molar-refractivity contribution in [2.75, 3.05) is 24.5 Å². The number of aromatic nitrogens is 3. The molecule has 134 valence electrons. The van der Waals surface area contributed by atoms with Crippen LogP contribution in [-0.2, 0) is 6.42 Å². The summed E-state index contributed by atoms with van der Waals surface area (Å²) in [6, 6.07) is 9.99. The maximum absolute atomic E-state index is 12.4. The van der Waals surface area contributed by atoms with Gasteiger partial charge < -0.3 is 15.2 Å². The number of hydrogen-bond acceptors (Lipinski definition) is 4. The molecule has 1 aliphatic heterocycles. The maximum Gasteiger partial charge on any atom is 0.270 e. The fraction of sp³-hybridized carbons (Fsp3) is 0.350. The van der Waals surface area contributed by atoms with E-state index in [9.17, 15) is 4.79 Å². The molecule has 1 saturated heterocycles. The lowest BCUT2D eigenvalue weighted by atomic mass is 10.1. The van der Waals surface area contributed by atoms with Gasteiger partial charge in [0.15, 0.2) is 0 Å². The van der Waals surface area contributed by atoms with E-state index in [1.54, 1.807) is 6.07 Å². The first-order chi connectivity index (χ1) is 12.8. The van der Waals surface area contributed by atoms with E-state index in [0.29, 0.717) is 12.2 Å². The molecule has 1 aliphatic rings. The highest BCUT2D eigenvalue weighted by Crippen LogP contribution is 2.18. The molecule has 6 nitrogen and oxygen atoms in total. The van der Waals surface area contributed by atoms with Crippen LogP contribution >= 0.6 is 0 Å². The Labute approximate surface area is 152 Å². The van der Waals surface area contributed by atoms with Crippen LogP contribution in [0.15, 0.2) is 42.9 Å². The lowest BCUT2D eigenvalue weighted by Crippen LogP contribution is -2.31. The smallest absolute Gasteiger partial charge is 0.270 e. The zero-order valence-electron chi connectivity index (χ0n) is 14.7. The summed E-state index contributed by atoms with van der Waals surface area (Å²) >= 11 is 0. The summed E-state index contributed by atoms with van der Waals surface area (Å²) in [5, 5.41) is 4.18. The average molecular weight is 349 g/mol. The molecule has 2 aromatic heterocycles. The van der Waals surface area contributed by atoms with Gasteiger partial charge in [-0.1, -0.05) is 18.2 Å². The molecule has 0 atom stereocenters. The van der Waals surface area contributed by atoms with Gasteiger partial charge >= 0.3 is 0 Å². The molecule has 4 rings (SSSR count). The lowest BCUT2D eigenvalue weighted by molar-refractivity contribution is 0.0949. The van der Waals surface area contributed by atoms with E-state index in [0.717, 1.165) is 30.8 Å². The van der Waals surface area contributed by atoms with Crippen molar-refractivity contribution in [3.05, 3.63) is 54.1 Å². The zero-order valence-corrected chi connectivity index (χ0v) is 14.7. The van der Waals surface area contributed by atoms with Crippen molar-refractivity contribution in [1.29, 1.82) is 0 Å². The Hall–Kier alpha value is -2.89. The molecule has 1 amide bonds. The van der Waals surface area contributed by atoms with Crippen LogP contribution in [0.2, 0.25) is 0 Å².